The van der Waals surface area contributed by atoms with Gasteiger partial charge < -0.3 is 0 Å². The molecule has 0 aliphatic rings. The third kappa shape index (κ3) is 3.14. The monoisotopic (exact) mass is 145 g/mol. The van der Waals surface area contributed by atoms with Crippen LogP contribution in [0.25, 0.3) is 0 Å². The highest BCUT2D eigenvalue weighted by Gasteiger charge is 2.18. The highest BCUT2D eigenvalue weighted by Crippen LogP contribution is 2.30. The quantitative estimate of drug-likeness (QED) is 0.585. The Bertz CT molecular complexity index is 65.0. The van der Waals surface area contributed by atoms with Crippen LogP contribution in [0.5, 0.6) is 0 Å². The number of rotatable bonds is 4. The molecule has 0 aliphatic carbocycles. The predicted molar refractivity (Wildman–Crippen MR) is 46.8 cm³/mol. The summed E-state index contributed by atoms with van der Waals surface area (Å²) in [4.78, 5) is 0. The standard InChI is InChI=1S/C8H17S/c1-5-8(4,6-2)9-7-3/h4-7H2,1-3H3. The van der Waals surface area contributed by atoms with Crippen molar-refractivity contribution in [3.63, 3.8) is 0 Å². The molecule has 1 radical (unpaired) electrons. The molecule has 0 spiro atoms. The van der Waals surface area contributed by atoms with Crippen molar-refractivity contribution >= 4 is 11.8 Å². The van der Waals surface area contributed by atoms with Gasteiger partial charge in [-0.25, -0.2) is 0 Å². The smallest absolute Gasteiger partial charge is 0.0155 e. The molecule has 0 amide bonds. The first-order valence-electron chi connectivity index (χ1n) is 3.67. The van der Waals surface area contributed by atoms with Gasteiger partial charge in [0.2, 0.25) is 0 Å². The van der Waals surface area contributed by atoms with Crippen molar-refractivity contribution in [1.82, 2.24) is 0 Å². The molecule has 0 bridgehead atoms. The first kappa shape index (κ1) is 9.35. The Kier molecular flexibility index (Phi) is 4.37. The van der Waals surface area contributed by atoms with Gasteiger partial charge in [0.1, 0.15) is 0 Å². The Morgan fingerprint density at radius 3 is 1.78 bits per heavy atom. The zero-order valence-electron chi connectivity index (χ0n) is 6.74. The first-order valence-corrected chi connectivity index (χ1v) is 4.66. The van der Waals surface area contributed by atoms with Crippen molar-refractivity contribution in [3.05, 3.63) is 6.92 Å². The van der Waals surface area contributed by atoms with Gasteiger partial charge in [0.15, 0.2) is 0 Å². The Balaban J connectivity index is 3.62. The normalized spacial score (nSPS) is 12.0. The van der Waals surface area contributed by atoms with E-state index in [1.165, 1.54) is 18.6 Å². The van der Waals surface area contributed by atoms with Crippen LogP contribution in [0.1, 0.15) is 33.6 Å². The van der Waals surface area contributed by atoms with Gasteiger partial charge in [-0.05, 0) is 25.5 Å². The maximum atomic E-state index is 4.16. The molecular weight excluding hydrogens is 128 g/mol. The summed E-state index contributed by atoms with van der Waals surface area (Å²) >= 11 is 1.97. The summed E-state index contributed by atoms with van der Waals surface area (Å²) in [5, 5.41) is 0. The topological polar surface area (TPSA) is 0 Å². The zero-order valence-corrected chi connectivity index (χ0v) is 7.55. The third-order valence-electron chi connectivity index (χ3n) is 1.74. The highest BCUT2D eigenvalue weighted by atomic mass is 32.2. The Morgan fingerprint density at radius 1 is 1.22 bits per heavy atom. The molecule has 0 aliphatic heterocycles. The van der Waals surface area contributed by atoms with Gasteiger partial charge in [-0.1, -0.05) is 20.8 Å². The van der Waals surface area contributed by atoms with Gasteiger partial charge >= 0.3 is 0 Å². The van der Waals surface area contributed by atoms with E-state index in [-0.39, 0.29) is 0 Å². The molecule has 0 aromatic carbocycles. The van der Waals surface area contributed by atoms with Crippen molar-refractivity contribution in [3.8, 4) is 0 Å². The van der Waals surface area contributed by atoms with Crippen molar-refractivity contribution in [1.29, 1.82) is 0 Å². The largest absolute Gasteiger partial charge is 0.155 e. The van der Waals surface area contributed by atoms with Crippen LogP contribution in [0.4, 0.5) is 0 Å². The van der Waals surface area contributed by atoms with E-state index in [2.05, 4.69) is 27.7 Å². The summed E-state index contributed by atoms with van der Waals surface area (Å²) in [6.07, 6.45) is 2.37. The SMILES string of the molecule is [CH2]C(CC)(CC)SCC. The molecule has 0 N–H and O–H groups in total. The van der Waals surface area contributed by atoms with Gasteiger partial charge in [0, 0.05) is 4.75 Å². The lowest BCUT2D eigenvalue weighted by Gasteiger charge is -2.24. The number of hydrogen-bond donors (Lipinski definition) is 0. The molecule has 0 aromatic heterocycles. The van der Waals surface area contributed by atoms with Crippen molar-refractivity contribution < 1.29 is 0 Å². The second-order valence-electron chi connectivity index (χ2n) is 2.32. The minimum Gasteiger partial charge on any atom is -0.155 e. The first-order chi connectivity index (χ1) is 4.18. The molecule has 0 rings (SSSR count). The minimum absolute atomic E-state index is 0.300. The molecule has 0 saturated heterocycles. The van der Waals surface area contributed by atoms with E-state index in [1.807, 2.05) is 11.8 Å². The van der Waals surface area contributed by atoms with Crippen LogP contribution in [-0.2, 0) is 0 Å². The van der Waals surface area contributed by atoms with Gasteiger partial charge in [-0.3, -0.25) is 0 Å². The summed E-state index contributed by atoms with van der Waals surface area (Å²) < 4.78 is 0.300. The fourth-order valence-corrected chi connectivity index (χ4v) is 1.78. The Morgan fingerprint density at radius 2 is 1.67 bits per heavy atom. The fourth-order valence-electron chi connectivity index (χ4n) is 0.760. The van der Waals surface area contributed by atoms with Gasteiger partial charge in [-0.15, -0.1) is 0 Å². The molecule has 0 heterocycles. The summed E-state index contributed by atoms with van der Waals surface area (Å²) in [7, 11) is 0. The van der Waals surface area contributed by atoms with Gasteiger partial charge in [-0.2, -0.15) is 11.8 Å². The number of thioether (sulfide) groups is 1. The Labute approximate surface area is 63.4 Å². The summed E-state index contributed by atoms with van der Waals surface area (Å²) in [5.74, 6) is 1.19. The lowest BCUT2D eigenvalue weighted by Crippen LogP contribution is -2.17. The zero-order chi connectivity index (χ0) is 7.33. The maximum absolute atomic E-state index is 4.16. The van der Waals surface area contributed by atoms with Crippen LogP contribution >= 0.6 is 11.8 Å². The molecule has 0 unspecified atom stereocenters. The van der Waals surface area contributed by atoms with Crippen LogP contribution in [0, 0.1) is 6.92 Å². The van der Waals surface area contributed by atoms with Crippen molar-refractivity contribution in [2.45, 2.75) is 38.4 Å². The summed E-state index contributed by atoms with van der Waals surface area (Å²) in [5.41, 5.74) is 0. The van der Waals surface area contributed by atoms with Crippen LogP contribution in [0.15, 0.2) is 0 Å². The fraction of sp³-hybridized carbons (Fsp3) is 0.875. The van der Waals surface area contributed by atoms with Crippen LogP contribution < -0.4 is 0 Å². The molecule has 9 heavy (non-hydrogen) atoms. The van der Waals surface area contributed by atoms with Gasteiger partial charge in [0.05, 0.1) is 0 Å². The average Bonchev–Trinajstić information content (AvgIpc) is 1.89. The van der Waals surface area contributed by atoms with E-state index in [4.69, 9.17) is 0 Å². The molecule has 55 valence electrons. The molecule has 0 fully saturated rings. The Hall–Kier alpha value is 0.350. The minimum atomic E-state index is 0.300. The maximum Gasteiger partial charge on any atom is 0.0155 e. The van der Waals surface area contributed by atoms with Gasteiger partial charge in [0.25, 0.3) is 0 Å². The van der Waals surface area contributed by atoms with Crippen LogP contribution in [-0.4, -0.2) is 10.5 Å². The van der Waals surface area contributed by atoms with Crippen LogP contribution in [0.2, 0.25) is 0 Å². The molecule has 0 atom stereocenters. The second kappa shape index (κ2) is 4.21. The lowest BCUT2D eigenvalue weighted by atomic mass is 10.1. The predicted octanol–water partition coefficient (Wildman–Crippen LogP) is 3.13. The van der Waals surface area contributed by atoms with E-state index >= 15 is 0 Å². The lowest BCUT2D eigenvalue weighted by molar-refractivity contribution is 0.656. The van der Waals surface area contributed by atoms with E-state index in [9.17, 15) is 0 Å². The summed E-state index contributed by atoms with van der Waals surface area (Å²) in [6.45, 7) is 10.8. The van der Waals surface area contributed by atoms with E-state index < -0.39 is 0 Å². The van der Waals surface area contributed by atoms with E-state index in [0.717, 1.165) is 0 Å². The third-order valence-corrected chi connectivity index (χ3v) is 3.22. The molecular formula is C8H17S. The van der Waals surface area contributed by atoms with E-state index in [0.29, 0.717) is 4.75 Å². The molecule has 0 saturated carbocycles. The van der Waals surface area contributed by atoms with E-state index in [1.54, 1.807) is 0 Å². The van der Waals surface area contributed by atoms with Crippen LogP contribution in [0.3, 0.4) is 0 Å². The second-order valence-corrected chi connectivity index (χ2v) is 4.06. The summed E-state index contributed by atoms with van der Waals surface area (Å²) in [6, 6.07) is 0. The highest BCUT2D eigenvalue weighted by molar-refractivity contribution is 8.00. The molecule has 1 heteroatoms. The van der Waals surface area contributed by atoms with Crippen molar-refractivity contribution in [2.75, 3.05) is 5.75 Å². The molecule has 0 nitrogen and oxygen atoms in total. The van der Waals surface area contributed by atoms with Crippen molar-refractivity contribution in [2.24, 2.45) is 0 Å². The average molecular weight is 145 g/mol. The molecule has 0 aromatic rings. The number of hydrogen-bond acceptors (Lipinski definition) is 1.